The van der Waals surface area contributed by atoms with Crippen LogP contribution in [0, 0.1) is 10.1 Å². The molecule has 7 nitrogen and oxygen atoms in total. The lowest BCUT2D eigenvalue weighted by atomic mass is 10.3. The molecule has 0 radical (unpaired) electrons. The van der Waals surface area contributed by atoms with E-state index >= 15 is 0 Å². The summed E-state index contributed by atoms with van der Waals surface area (Å²) in [5, 5.41) is 22.1. The molecule has 0 atom stereocenters. The van der Waals surface area contributed by atoms with Crippen molar-refractivity contribution in [1.29, 1.82) is 0 Å². The molecule has 0 aliphatic carbocycles. The number of nitro groups is 1. The Bertz CT molecular complexity index is 537. The molecule has 0 aliphatic rings. The summed E-state index contributed by atoms with van der Waals surface area (Å²) in [7, 11) is 0. The van der Waals surface area contributed by atoms with E-state index in [9.17, 15) is 10.1 Å². The van der Waals surface area contributed by atoms with Gasteiger partial charge in [-0.1, -0.05) is 0 Å². The molecule has 7 heteroatoms. The molecule has 0 fully saturated rings. The molecule has 1 aromatic heterocycles. The van der Waals surface area contributed by atoms with E-state index in [-0.39, 0.29) is 12.3 Å². The second-order valence-electron chi connectivity index (χ2n) is 3.43. The SMILES string of the molecule is O=[N+]([O-])c1ccc2nc(NCCCO)oc2c1. The van der Waals surface area contributed by atoms with Gasteiger partial charge in [0.1, 0.15) is 5.52 Å². The molecular weight excluding hydrogens is 226 g/mol. The Morgan fingerprint density at radius 1 is 1.53 bits per heavy atom. The lowest BCUT2D eigenvalue weighted by molar-refractivity contribution is -0.384. The molecule has 0 saturated heterocycles. The zero-order valence-corrected chi connectivity index (χ0v) is 8.92. The first-order valence-electron chi connectivity index (χ1n) is 5.10. The Balaban J connectivity index is 2.21. The molecule has 2 rings (SSSR count). The van der Waals surface area contributed by atoms with E-state index < -0.39 is 4.92 Å². The van der Waals surface area contributed by atoms with E-state index in [1.807, 2.05) is 0 Å². The van der Waals surface area contributed by atoms with Crippen molar-refractivity contribution < 1.29 is 14.4 Å². The number of hydrogen-bond acceptors (Lipinski definition) is 6. The molecule has 90 valence electrons. The minimum absolute atomic E-state index is 0.0319. The normalized spacial score (nSPS) is 10.6. The number of aliphatic hydroxyl groups excluding tert-OH is 1. The molecule has 0 spiro atoms. The largest absolute Gasteiger partial charge is 0.423 e. The van der Waals surface area contributed by atoms with Crippen LogP contribution in [0.25, 0.3) is 11.1 Å². The number of fused-ring (bicyclic) bond motifs is 1. The first-order valence-corrected chi connectivity index (χ1v) is 5.10. The van der Waals surface area contributed by atoms with Gasteiger partial charge in [-0.2, -0.15) is 4.98 Å². The second-order valence-corrected chi connectivity index (χ2v) is 3.43. The van der Waals surface area contributed by atoms with Crippen molar-refractivity contribution in [2.45, 2.75) is 6.42 Å². The van der Waals surface area contributed by atoms with Gasteiger partial charge in [-0.3, -0.25) is 10.1 Å². The molecule has 0 amide bonds. The number of nitrogens with one attached hydrogen (secondary N) is 1. The van der Waals surface area contributed by atoms with Crippen LogP contribution in [-0.2, 0) is 0 Å². The molecule has 17 heavy (non-hydrogen) atoms. The predicted molar refractivity (Wildman–Crippen MR) is 60.9 cm³/mol. The van der Waals surface area contributed by atoms with Crippen molar-refractivity contribution in [2.75, 3.05) is 18.5 Å². The predicted octanol–water partition coefficient (Wildman–Crippen LogP) is 1.53. The molecule has 0 aliphatic heterocycles. The third kappa shape index (κ3) is 2.51. The summed E-state index contributed by atoms with van der Waals surface area (Å²) in [6.45, 7) is 0.615. The van der Waals surface area contributed by atoms with Gasteiger partial charge in [-0.25, -0.2) is 0 Å². The molecule has 1 aromatic carbocycles. The van der Waals surface area contributed by atoms with E-state index in [1.54, 1.807) is 0 Å². The highest BCUT2D eigenvalue weighted by Gasteiger charge is 2.11. The molecule has 0 bridgehead atoms. The number of anilines is 1. The third-order valence-corrected chi connectivity index (χ3v) is 2.19. The number of benzene rings is 1. The van der Waals surface area contributed by atoms with Crippen LogP contribution in [0.3, 0.4) is 0 Å². The summed E-state index contributed by atoms with van der Waals surface area (Å²) in [6.07, 6.45) is 0.582. The number of non-ortho nitro benzene ring substituents is 1. The number of nitrogens with zero attached hydrogens (tertiary/aromatic N) is 2. The van der Waals surface area contributed by atoms with Crippen LogP contribution in [0.2, 0.25) is 0 Å². The third-order valence-electron chi connectivity index (χ3n) is 2.19. The quantitative estimate of drug-likeness (QED) is 0.464. The fourth-order valence-electron chi connectivity index (χ4n) is 1.38. The highest BCUT2D eigenvalue weighted by molar-refractivity contribution is 5.77. The lowest BCUT2D eigenvalue weighted by Gasteiger charge is -1.97. The topological polar surface area (TPSA) is 101 Å². The summed E-state index contributed by atoms with van der Waals surface area (Å²) in [6, 6.07) is 4.55. The van der Waals surface area contributed by atoms with Crippen molar-refractivity contribution in [1.82, 2.24) is 4.98 Å². The van der Waals surface area contributed by atoms with Crippen molar-refractivity contribution >= 4 is 22.8 Å². The van der Waals surface area contributed by atoms with Gasteiger partial charge in [-0.05, 0) is 12.5 Å². The van der Waals surface area contributed by atoms with Gasteiger partial charge in [0.15, 0.2) is 5.58 Å². The fraction of sp³-hybridized carbons (Fsp3) is 0.300. The minimum Gasteiger partial charge on any atom is -0.423 e. The molecular formula is C10H11N3O4. The zero-order valence-electron chi connectivity index (χ0n) is 8.92. The van der Waals surface area contributed by atoms with Crippen LogP contribution < -0.4 is 5.32 Å². The van der Waals surface area contributed by atoms with Gasteiger partial charge in [0.25, 0.3) is 11.7 Å². The first kappa shape index (κ1) is 11.3. The van der Waals surface area contributed by atoms with E-state index in [0.29, 0.717) is 30.1 Å². The number of oxazole rings is 1. The lowest BCUT2D eigenvalue weighted by Crippen LogP contribution is -2.03. The van der Waals surface area contributed by atoms with E-state index in [1.165, 1.54) is 18.2 Å². The van der Waals surface area contributed by atoms with Crippen molar-refractivity contribution in [2.24, 2.45) is 0 Å². The van der Waals surface area contributed by atoms with Crippen LogP contribution in [0.5, 0.6) is 0 Å². The number of hydrogen-bond donors (Lipinski definition) is 2. The van der Waals surface area contributed by atoms with E-state index in [2.05, 4.69) is 10.3 Å². The Labute approximate surface area is 96.2 Å². The number of aromatic nitrogens is 1. The molecule has 2 aromatic rings. The average Bonchev–Trinajstić information content (AvgIpc) is 2.70. The van der Waals surface area contributed by atoms with Gasteiger partial charge in [0, 0.05) is 19.2 Å². The van der Waals surface area contributed by atoms with E-state index in [0.717, 1.165) is 0 Å². The Hall–Kier alpha value is -2.15. The number of rotatable bonds is 5. The smallest absolute Gasteiger partial charge is 0.295 e. The first-order chi connectivity index (χ1) is 8.20. The van der Waals surface area contributed by atoms with Gasteiger partial charge in [0.05, 0.1) is 11.0 Å². The molecule has 0 unspecified atom stereocenters. The average molecular weight is 237 g/mol. The van der Waals surface area contributed by atoms with Crippen LogP contribution >= 0.6 is 0 Å². The Morgan fingerprint density at radius 2 is 2.35 bits per heavy atom. The van der Waals surface area contributed by atoms with Crippen molar-refractivity contribution in [3.63, 3.8) is 0 Å². The summed E-state index contributed by atoms with van der Waals surface area (Å²) >= 11 is 0. The van der Waals surface area contributed by atoms with Crippen LogP contribution in [0.15, 0.2) is 22.6 Å². The molecule has 0 saturated carbocycles. The summed E-state index contributed by atoms with van der Waals surface area (Å²) in [5.74, 6) is 0. The summed E-state index contributed by atoms with van der Waals surface area (Å²) in [4.78, 5) is 14.2. The highest BCUT2D eigenvalue weighted by atomic mass is 16.6. The minimum atomic E-state index is -0.485. The number of aliphatic hydroxyl groups is 1. The zero-order chi connectivity index (χ0) is 12.3. The molecule has 1 heterocycles. The summed E-state index contributed by atoms with van der Waals surface area (Å²) in [5.41, 5.74) is 0.892. The highest BCUT2D eigenvalue weighted by Crippen LogP contribution is 2.23. The van der Waals surface area contributed by atoms with Crippen LogP contribution in [-0.4, -0.2) is 28.2 Å². The van der Waals surface area contributed by atoms with Gasteiger partial charge < -0.3 is 14.8 Å². The van der Waals surface area contributed by atoms with Crippen molar-refractivity contribution in [3.8, 4) is 0 Å². The maximum Gasteiger partial charge on any atom is 0.295 e. The van der Waals surface area contributed by atoms with Crippen LogP contribution in [0.4, 0.5) is 11.7 Å². The maximum absolute atomic E-state index is 10.6. The fourth-order valence-corrected chi connectivity index (χ4v) is 1.38. The second kappa shape index (κ2) is 4.79. The van der Waals surface area contributed by atoms with E-state index in [4.69, 9.17) is 9.52 Å². The number of nitro benzene ring substituents is 1. The van der Waals surface area contributed by atoms with Gasteiger partial charge in [0.2, 0.25) is 0 Å². The Morgan fingerprint density at radius 3 is 3.06 bits per heavy atom. The Kier molecular flexibility index (Phi) is 3.20. The standard InChI is InChI=1S/C10H11N3O4/c14-5-1-4-11-10-12-8-3-2-7(13(15)16)6-9(8)17-10/h2-3,6,14H,1,4-5H2,(H,11,12). The summed E-state index contributed by atoms with van der Waals surface area (Å²) < 4.78 is 5.30. The van der Waals surface area contributed by atoms with Gasteiger partial charge in [-0.15, -0.1) is 0 Å². The van der Waals surface area contributed by atoms with Gasteiger partial charge >= 0.3 is 0 Å². The van der Waals surface area contributed by atoms with Crippen LogP contribution in [0.1, 0.15) is 6.42 Å². The van der Waals surface area contributed by atoms with Crippen molar-refractivity contribution in [3.05, 3.63) is 28.3 Å². The molecule has 2 N–H and O–H groups in total. The monoisotopic (exact) mass is 237 g/mol. The maximum atomic E-state index is 10.6.